The Labute approximate surface area is 360 Å². The number of rotatable bonds is 8. The molecule has 2 aromatic carbocycles. The maximum Gasteiger partial charge on any atom is 0.329 e. The van der Waals surface area contributed by atoms with Gasteiger partial charge in [0.2, 0.25) is 11.8 Å². The number of imide groups is 1. The highest BCUT2D eigenvalue weighted by molar-refractivity contribution is 6.00. The highest BCUT2D eigenvalue weighted by atomic mass is 19.3. The van der Waals surface area contributed by atoms with Gasteiger partial charge in [0.15, 0.2) is 17.2 Å². The van der Waals surface area contributed by atoms with Crippen molar-refractivity contribution in [3.8, 4) is 11.8 Å². The number of likely N-dealkylation sites (tertiary alicyclic amines) is 2. The van der Waals surface area contributed by atoms with Crippen molar-refractivity contribution in [3.05, 3.63) is 81.5 Å². The zero-order valence-corrected chi connectivity index (χ0v) is 35.0. The first-order valence-corrected chi connectivity index (χ1v) is 21.7. The van der Waals surface area contributed by atoms with E-state index in [1.165, 1.54) is 19.8 Å². The van der Waals surface area contributed by atoms with Crippen molar-refractivity contribution in [2.45, 2.75) is 81.7 Å². The van der Waals surface area contributed by atoms with E-state index in [-0.39, 0.29) is 42.6 Å². The summed E-state index contributed by atoms with van der Waals surface area (Å²) in [4.78, 5) is 61.0. The van der Waals surface area contributed by atoms with Gasteiger partial charge in [0, 0.05) is 64.2 Å². The molecule has 18 heteroatoms. The van der Waals surface area contributed by atoms with E-state index in [1.807, 2.05) is 40.1 Å². The fourth-order valence-corrected chi connectivity index (χ4v) is 10.0. The molecule has 5 aliphatic rings. The van der Waals surface area contributed by atoms with Gasteiger partial charge in [-0.1, -0.05) is 30.0 Å². The number of alkyl halides is 3. The lowest BCUT2D eigenvalue weighted by atomic mass is 9.91. The van der Waals surface area contributed by atoms with Gasteiger partial charge in [-0.15, -0.1) is 5.10 Å². The first-order valence-electron chi connectivity index (χ1n) is 21.7. The maximum absolute atomic E-state index is 16.1. The molecule has 5 aromatic rings. The number of benzene rings is 2. The highest BCUT2D eigenvalue weighted by Gasteiger charge is 2.48. The van der Waals surface area contributed by atoms with Crippen molar-refractivity contribution in [3.63, 3.8) is 0 Å². The number of halogens is 3. The van der Waals surface area contributed by atoms with Gasteiger partial charge >= 0.3 is 5.69 Å². The first-order chi connectivity index (χ1) is 30.4. The molecule has 0 spiro atoms. The summed E-state index contributed by atoms with van der Waals surface area (Å²) in [5, 5.41) is 13.0. The fourth-order valence-electron chi connectivity index (χ4n) is 10.0. The number of carbonyl (C=O) groups excluding carboxylic acids is 3. The molecule has 3 aromatic heterocycles. The normalized spacial score (nSPS) is 24.0. The number of hydrogen-bond donors (Lipinski definition) is 3. The number of imidazole rings is 2. The van der Waals surface area contributed by atoms with Crippen LogP contribution in [0.25, 0.3) is 16.7 Å². The highest BCUT2D eigenvalue weighted by Crippen LogP contribution is 2.39. The summed E-state index contributed by atoms with van der Waals surface area (Å²) in [5.41, 5.74) is 5.83. The minimum absolute atomic E-state index is 0.000464. The molecular formula is C45H48F3N11O4. The van der Waals surface area contributed by atoms with Crippen LogP contribution in [0.3, 0.4) is 0 Å². The van der Waals surface area contributed by atoms with Crippen molar-refractivity contribution in [2.24, 2.45) is 13.0 Å². The number of fused-ring (bicyclic) bond motifs is 3. The lowest BCUT2D eigenvalue weighted by molar-refractivity contribution is -0.135. The second-order valence-corrected chi connectivity index (χ2v) is 17.4. The summed E-state index contributed by atoms with van der Waals surface area (Å²) in [5.74, 6) is 3.01. The van der Waals surface area contributed by atoms with Crippen molar-refractivity contribution in [1.82, 2.24) is 44.2 Å². The van der Waals surface area contributed by atoms with E-state index in [0.29, 0.717) is 98.6 Å². The van der Waals surface area contributed by atoms with Crippen molar-refractivity contribution >= 4 is 51.6 Å². The van der Waals surface area contributed by atoms with Crippen molar-refractivity contribution in [1.29, 1.82) is 0 Å². The summed E-state index contributed by atoms with van der Waals surface area (Å²) < 4.78 is 50.2. The third-order valence-electron chi connectivity index (χ3n) is 13.4. The average molecular weight is 864 g/mol. The number of amides is 3. The van der Waals surface area contributed by atoms with E-state index in [1.54, 1.807) is 26.2 Å². The number of nitrogens with one attached hydrogen (secondary N) is 3. The summed E-state index contributed by atoms with van der Waals surface area (Å²) in [6, 6.07) is 11.1. The summed E-state index contributed by atoms with van der Waals surface area (Å²) >= 11 is 0. The molecule has 15 nitrogen and oxygen atoms in total. The van der Waals surface area contributed by atoms with Gasteiger partial charge in [0.25, 0.3) is 11.8 Å². The number of aromatic nitrogens is 5. The lowest BCUT2D eigenvalue weighted by Crippen LogP contribution is -2.59. The zero-order valence-electron chi connectivity index (χ0n) is 35.0. The third-order valence-corrected chi connectivity index (χ3v) is 13.4. The lowest BCUT2D eigenvalue weighted by Gasteiger charge is -2.45. The van der Waals surface area contributed by atoms with Crippen molar-refractivity contribution < 1.29 is 27.6 Å². The topological polar surface area (TPSA) is 154 Å². The Balaban J connectivity index is 0.787. The Bertz CT molecular complexity index is 2800. The Morgan fingerprint density at radius 1 is 1.02 bits per heavy atom. The van der Waals surface area contributed by atoms with Crippen LogP contribution in [0.15, 0.2) is 53.5 Å². The van der Waals surface area contributed by atoms with E-state index >= 15 is 8.78 Å². The van der Waals surface area contributed by atoms with E-state index < -0.39 is 42.0 Å². The molecular weight excluding hydrogens is 816 g/mol. The Morgan fingerprint density at radius 2 is 1.81 bits per heavy atom. The molecule has 1 aliphatic carbocycles. The van der Waals surface area contributed by atoms with Crippen LogP contribution in [0.4, 0.5) is 30.4 Å². The summed E-state index contributed by atoms with van der Waals surface area (Å²) in [7, 11) is 3.41. The van der Waals surface area contributed by atoms with E-state index in [0.717, 1.165) is 16.8 Å². The predicted octanol–water partition coefficient (Wildman–Crippen LogP) is 3.91. The number of carbonyl (C=O) groups is 3. The second-order valence-electron chi connectivity index (χ2n) is 17.4. The molecule has 10 rings (SSSR count). The van der Waals surface area contributed by atoms with Crippen LogP contribution in [-0.4, -0.2) is 115 Å². The molecule has 4 aliphatic heterocycles. The molecule has 0 bridgehead atoms. The number of aryl methyl sites for hydroxylation is 1. The zero-order chi connectivity index (χ0) is 43.7. The molecule has 63 heavy (non-hydrogen) atoms. The van der Waals surface area contributed by atoms with Gasteiger partial charge in [-0.05, 0) is 74.5 Å². The Morgan fingerprint density at radius 3 is 2.56 bits per heavy atom. The molecule has 2 unspecified atom stereocenters. The number of nitrogens with zero attached hydrogens (tertiary/aromatic N) is 8. The number of para-hydroxylation sites is 1. The summed E-state index contributed by atoms with van der Waals surface area (Å²) in [6.07, 6.45) is 3.42. The molecule has 3 saturated heterocycles. The first kappa shape index (κ1) is 40.9. The largest absolute Gasteiger partial charge is 0.385 e. The quantitative estimate of drug-likeness (QED) is 0.155. The van der Waals surface area contributed by atoms with Gasteiger partial charge < -0.3 is 15.5 Å². The minimum atomic E-state index is -2.92. The Hall–Kier alpha value is -6.19. The molecule has 328 valence electrons. The number of piperidine rings is 3. The van der Waals surface area contributed by atoms with Crippen LogP contribution < -0.4 is 26.5 Å². The van der Waals surface area contributed by atoms with Crippen LogP contribution in [0.1, 0.15) is 71.7 Å². The summed E-state index contributed by atoms with van der Waals surface area (Å²) in [6.45, 7) is 2.22. The van der Waals surface area contributed by atoms with Gasteiger partial charge in [-0.3, -0.25) is 38.6 Å². The van der Waals surface area contributed by atoms with Gasteiger partial charge in [-0.25, -0.2) is 27.5 Å². The fraction of sp³-hybridized carbons (Fsp3) is 0.467. The smallest absolute Gasteiger partial charge is 0.329 e. The van der Waals surface area contributed by atoms with E-state index in [9.17, 15) is 23.6 Å². The van der Waals surface area contributed by atoms with Crippen LogP contribution in [0, 0.1) is 17.8 Å². The van der Waals surface area contributed by atoms with Crippen LogP contribution >= 0.6 is 0 Å². The third kappa shape index (κ3) is 7.40. The van der Waals surface area contributed by atoms with Crippen LogP contribution in [0.2, 0.25) is 0 Å². The van der Waals surface area contributed by atoms with E-state index in [2.05, 4.69) is 37.7 Å². The van der Waals surface area contributed by atoms with Crippen molar-refractivity contribution in [2.75, 3.05) is 50.0 Å². The van der Waals surface area contributed by atoms with Crippen LogP contribution in [-0.2, 0) is 29.6 Å². The standard InChI is InChI=1S/C45H48F3N11O4/c1-49-32-22-38(53-59-36(23-50-41(32)59)43(62)51-31-21-30(31)46)57-20-15-29-28(6-4-7-33(29)57)24-55-17-16-37(45(47,48)25-55)56-18-13-26(14-19-56)9-10-27-5-3-8-34-40(27)54(2)44(63)58(34)35-11-12-39(60)52-42(35)61/h3-8,22-23,26,30-31,35,37,49H,11-21,24-25H2,1-2H3,(H,51,62)(H,52,60,61)/t30-,31+,35?,37?/m0/s1. The average Bonchev–Trinajstić information content (AvgIpc) is 3.55. The number of hydrogen-bond acceptors (Lipinski definition) is 10. The van der Waals surface area contributed by atoms with Gasteiger partial charge in [-0.2, -0.15) is 0 Å². The molecule has 3 N–H and O–H groups in total. The van der Waals surface area contributed by atoms with Gasteiger partial charge in [0.1, 0.15) is 12.2 Å². The Kier molecular flexibility index (Phi) is 10.3. The number of anilines is 3. The van der Waals surface area contributed by atoms with Gasteiger partial charge in [0.05, 0.1) is 47.1 Å². The maximum atomic E-state index is 16.1. The predicted molar refractivity (Wildman–Crippen MR) is 229 cm³/mol. The SMILES string of the molecule is CNc1cc(N2CCc3c(CN4CCC(N5CCC(C#Cc6cccc7c6n(C)c(=O)n7C6CCC(=O)NC6=O)CC5)C(F)(F)C4)cccc32)nn2c(C(=O)N[C@@H]3C[C@@H]3F)cnc12. The minimum Gasteiger partial charge on any atom is -0.385 e. The molecule has 3 amide bonds. The monoisotopic (exact) mass is 863 g/mol. The van der Waals surface area contributed by atoms with Crippen LogP contribution in [0.5, 0.6) is 0 Å². The molecule has 1 saturated carbocycles. The molecule has 7 heterocycles. The van der Waals surface area contributed by atoms with E-state index in [4.69, 9.17) is 5.10 Å². The molecule has 4 fully saturated rings. The molecule has 0 radical (unpaired) electrons. The molecule has 4 atom stereocenters. The second kappa shape index (κ2) is 15.9.